The summed E-state index contributed by atoms with van der Waals surface area (Å²) in [6, 6.07) is 15.4. The molecule has 0 spiro atoms. The van der Waals surface area contributed by atoms with E-state index >= 15 is 0 Å². The highest BCUT2D eigenvalue weighted by atomic mass is 16.6. The number of nitrogens with zero attached hydrogens (tertiary/aromatic N) is 1. The molecule has 0 radical (unpaired) electrons. The molecule has 2 aromatic carbocycles. The Kier molecular flexibility index (Phi) is 5.74. The predicted molar refractivity (Wildman–Crippen MR) is 114 cm³/mol. The van der Waals surface area contributed by atoms with Gasteiger partial charge in [0.1, 0.15) is 19.0 Å². The number of oxazole rings is 1. The van der Waals surface area contributed by atoms with Crippen LogP contribution in [0.3, 0.4) is 0 Å². The number of carbonyl (C=O) groups is 1. The van der Waals surface area contributed by atoms with Crippen molar-refractivity contribution in [2.75, 3.05) is 13.2 Å². The minimum absolute atomic E-state index is 0.0976. The van der Waals surface area contributed by atoms with Crippen molar-refractivity contribution in [1.29, 1.82) is 0 Å². The summed E-state index contributed by atoms with van der Waals surface area (Å²) < 4.78 is 17.1. The smallest absolute Gasteiger partial charge is 0.226 e. The number of hydrogen-bond donors (Lipinski definition) is 1. The maximum absolute atomic E-state index is 12.8. The maximum Gasteiger partial charge on any atom is 0.226 e. The van der Waals surface area contributed by atoms with Crippen LogP contribution in [-0.2, 0) is 11.2 Å². The topological polar surface area (TPSA) is 73.6 Å². The monoisotopic (exact) mass is 406 g/mol. The molecule has 6 heteroatoms. The van der Waals surface area contributed by atoms with Gasteiger partial charge in [-0.3, -0.25) is 4.79 Å². The molecule has 1 unspecified atom stereocenters. The third-order valence-corrected chi connectivity index (χ3v) is 5.15. The molecule has 1 aliphatic rings. The van der Waals surface area contributed by atoms with E-state index in [1.165, 1.54) is 0 Å². The third kappa shape index (κ3) is 4.32. The number of rotatable bonds is 6. The van der Waals surface area contributed by atoms with E-state index in [0.717, 1.165) is 22.6 Å². The van der Waals surface area contributed by atoms with Crippen molar-refractivity contribution in [1.82, 2.24) is 10.3 Å². The highest BCUT2D eigenvalue weighted by Gasteiger charge is 2.23. The second-order valence-corrected chi connectivity index (χ2v) is 7.76. The normalized spacial score (nSPS) is 13.9. The molecule has 1 N–H and O–H groups in total. The van der Waals surface area contributed by atoms with Crippen molar-refractivity contribution in [2.45, 2.75) is 33.2 Å². The van der Waals surface area contributed by atoms with Crippen LogP contribution < -0.4 is 14.8 Å². The first-order chi connectivity index (χ1) is 14.5. The summed E-state index contributed by atoms with van der Waals surface area (Å²) in [5.74, 6) is 2.76. The van der Waals surface area contributed by atoms with E-state index in [1.807, 2.05) is 55.5 Å². The summed E-state index contributed by atoms with van der Waals surface area (Å²) in [6.45, 7) is 7.08. The Hall–Kier alpha value is -3.28. The zero-order valence-electron chi connectivity index (χ0n) is 17.5. The van der Waals surface area contributed by atoms with E-state index < -0.39 is 0 Å². The molecule has 6 nitrogen and oxygen atoms in total. The Labute approximate surface area is 176 Å². The maximum atomic E-state index is 12.8. The van der Waals surface area contributed by atoms with E-state index in [4.69, 9.17) is 13.9 Å². The Morgan fingerprint density at radius 2 is 1.80 bits per heavy atom. The Balaban J connectivity index is 1.49. The van der Waals surface area contributed by atoms with Crippen LogP contribution in [0, 0.1) is 12.8 Å². The van der Waals surface area contributed by atoms with Gasteiger partial charge in [0.15, 0.2) is 11.5 Å². The van der Waals surface area contributed by atoms with Crippen LogP contribution in [0.1, 0.15) is 36.9 Å². The van der Waals surface area contributed by atoms with Crippen molar-refractivity contribution >= 4 is 5.91 Å². The molecule has 1 amide bonds. The van der Waals surface area contributed by atoms with Gasteiger partial charge in [0.25, 0.3) is 0 Å². The zero-order chi connectivity index (χ0) is 21.1. The molecule has 0 saturated carbocycles. The summed E-state index contributed by atoms with van der Waals surface area (Å²) >= 11 is 0. The average Bonchev–Trinajstić information content (AvgIpc) is 3.12. The highest BCUT2D eigenvalue weighted by molar-refractivity contribution is 5.79. The van der Waals surface area contributed by atoms with Crippen molar-refractivity contribution in [3.8, 4) is 23.0 Å². The van der Waals surface area contributed by atoms with Gasteiger partial charge in [0, 0.05) is 5.56 Å². The van der Waals surface area contributed by atoms with Crippen molar-refractivity contribution in [3.63, 3.8) is 0 Å². The summed E-state index contributed by atoms with van der Waals surface area (Å²) in [4.78, 5) is 17.4. The molecule has 30 heavy (non-hydrogen) atoms. The van der Waals surface area contributed by atoms with Crippen molar-refractivity contribution in [3.05, 3.63) is 65.5 Å². The van der Waals surface area contributed by atoms with Crippen LogP contribution in [0.4, 0.5) is 0 Å². The lowest BCUT2D eigenvalue weighted by molar-refractivity contribution is -0.121. The molecule has 0 bridgehead atoms. The van der Waals surface area contributed by atoms with Gasteiger partial charge < -0.3 is 19.2 Å². The Morgan fingerprint density at radius 3 is 2.53 bits per heavy atom. The van der Waals surface area contributed by atoms with Gasteiger partial charge in [0.05, 0.1) is 18.2 Å². The largest absolute Gasteiger partial charge is 0.486 e. The number of benzene rings is 2. The molecular weight excluding hydrogens is 380 g/mol. The number of ether oxygens (including phenoxy) is 2. The fourth-order valence-electron chi connectivity index (χ4n) is 3.56. The molecule has 4 rings (SSSR count). The molecule has 0 aliphatic carbocycles. The van der Waals surface area contributed by atoms with Gasteiger partial charge in [-0.05, 0) is 42.7 Å². The number of aryl methyl sites for hydroxylation is 1. The van der Waals surface area contributed by atoms with E-state index in [9.17, 15) is 4.79 Å². The summed E-state index contributed by atoms with van der Waals surface area (Å²) in [7, 11) is 0. The molecule has 1 aromatic heterocycles. The molecule has 1 aliphatic heterocycles. The van der Waals surface area contributed by atoms with E-state index in [0.29, 0.717) is 30.6 Å². The average molecular weight is 406 g/mol. The van der Waals surface area contributed by atoms with Gasteiger partial charge >= 0.3 is 0 Å². The third-order valence-electron chi connectivity index (χ3n) is 5.15. The molecule has 0 fully saturated rings. The first-order valence-electron chi connectivity index (χ1n) is 10.2. The number of amides is 1. The fourth-order valence-corrected chi connectivity index (χ4v) is 3.56. The number of hydrogen-bond acceptors (Lipinski definition) is 5. The SMILES string of the molecule is Cc1oc(-c2ccccc2)nc1CC(=O)NC(c1ccc2c(c1)OCCO2)C(C)C. The fraction of sp³-hybridized carbons (Fsp3) is 0.333. The number of nitrogens with one attached hydrogen (secondary N) is 1. The molecular formula is C24H26N2O4. The molecule has 2 heterocycles. The first-order valence-corrected chi connectivity index (χ1v) is 10.2. The van der Waals surface area contributed by atoms with Crippen LogP contribution in [-0.4, -0.2) is 24.1 Å². The van der Waals surface area contributed by atoms with Gasteiger partial charge in [-0.25, -0.2) is 4.98 Å². The zero-order valence-corrected chi connectivity index (χ0v) is 17.5. The minimum atomic E-state index is -0.144. The molecule has 3 aromatic rings. The van der Waals surface area contributed by atoms with Gasteiger partial charge in [0.2, 0.25) is 11.8 Å². The lowest BCUT2D eigenvalue weighted by atomic mass is 9.95. The molecule has 1 atom stereocenters. The minimum Gasteiger partial charge on any atom is -0.486 e. The number of fused-ring (bicyclic) bond motifs is 1. The van der Waals surface area contributed by atoms with Gasteiger partial charge in [-0.1, -0.05) is 38.1 Å². The number of aromatic nitrogens is 1. The molecule has 156 valence electrons. The van der Waals surface area contributed by atoms with E-state index in [-0.39, 0.29) is 24.3 Å². The lowest BCUT2D eigenvalue weighted by Crippen LogP contribution is -2.33. The first kappa shape index (κ1) is 20.0. The standard InChI is InChI=1S/C24H26N2O4/c1-15(2)23(18-9-10-20-21(13-18)29-12-11-28-20)26-22(27)14-19-16(3)30-24(25-19)17-7-5-4-6-8-17/h4-10,13,15,23H,11-12,14H2,1-3H3,(H,26,27). The van der Waals surface area contributed by atoms with Crippen molar-refractivity contribution in [2.24, 2.45) is 5.92 Å². The number of carbonyl (C=O) groups excluding carboxylic acids is 1. The Morgan fingerprint density at radius 1 is 1.07 bits per heavy atom. The quantitative estimate of drug-likeness (QED) is 0.653. The second-order valence-electron chi connectivity index (χ2n) is 7.76. The van der Waals surface area contributed by atoms with Crippen molar-refractivity contribution < 1.29 is 18.7 Å². The van der Waals surface area contributed by atoms with Crippen LogP contribution in [0.2, 0.25) is 0 Å². The summed E-state index contributed by atoms with van der Waals surface area (Å²) in [5.41, 5.74) is 2.53. The predicted octanol–water partition coefficient (Wildman–Crippen LogP) is 4.48. The van der Waals surface area contributed by atoms with Gasteiger partial charge in [-0.2, -0.15) is 0 Å². The van der Waals surface area contributed by atoms with Crippen LogP contribution in [0.5, 0.6) is 11.5 Å². The molecule has 0 saturated heterocycles. The van der Waals surface area contributed by atoms with Crippen LogP contribution >= 0.6 is 0 Å². The van der Waals surface area contributed by atoms with Gasteiger partial charge in [-0.15, -0.1) is 0 Å². The summed E-state index contributed by atoms with van der Waals surface area (Å²) in [5, 5.41) is 3.15. The van der Waals surface area contributed by atoms with Crippen LogP contribution in [0.25, 0.3) is 11.5 Å². The Bertz CT molecular complexity index is 1030. The van der Waals surface area contributed by atoms with Crippen LogP contribution in [0.15, 0.2) is 52.9 Å². The highest BCUT2D eigenvalue weighted by Crippen LogP contribution is 2.34. The van der Waals surface area contributed by atoms with E-state index in [1.54, 1.807) is 0 Å². The summed E-state index contributed by atoms with van der Waals surface area (Å²) in [6.07, 6.45) is 0.163. The van der Waals surface area contributed by atoms with E-state index in [2.05, 4.69) is 24.1 Å². The lowest BCUT2D eigenvalue weighted by Gasteiger charge is -2.25. The second kappa shape index (κ2) is 8.61.